The monoisotopic (exact) mass is 575 g/mol. The van der Waals surface area contributed by atoms with Crippen molar-refractivity contribution in [3.05, 3.63) is 87.7 Å². The lowest BCUT2D eigenvalue weighted by Crippen LogP contribution is -2.41. The number of piperidine rings is 1. The Balaban J connectivity index is 1.62. The van der Waals surface area contributed by atoms with E-state index in [-0.39, 0.29) is 41.4 Å². The number of pyridine rings is 1. The standard InChI is InChI=1S/C29H29Cl2F2N3O3/c1-29(2,3)39-28(38)35(17-21-6-4-5-11-34-21)22-14-23(30)27(24(31)15-22)36-16-18(7-10-26(36)37)12-19-8-9-20(32)13-25(19)33/h4-6,8-9,11,13-15,18H,7,10,12,16-17H2,1-3H3. The van der Waals surface area contributed by atoms with Gasteiger partial charge in [-0.3, -0.25) is 14.7 Å². The van der Waals surface area contributed by atoms with Crippen molar-refractivity contribution < 1.29 is 23.1 Å². The topological polar surface area (TPSA) is 62.7 Å². The highest BCUT2D eigenvalue weighted by Gasteiger charge is 2.32. The van der Waals surface area contributed by atoms with Crippen LogP contribution in [0.2, 0.25) is 10.0 Å². The molecular weight excluding hydrogens is 547 g/mol. The molecule has 6 nitrogen and oxygen atoms in total. The van der Waals surface area contributed by atoms with Gasteiger partial charge in [0.2, 0.25) is 5.91 Å². The predicted molar refractivity (Wildman–Crippen MR) is 148 cm³/mol. The third-order valence-electron chi connectivity index (χ3n) is 6.28. The average Bonchev–Trinajstić information content (AvgIpc) is 2.85. The molecule has 206 valence electrons. The minimum Gasteiger partial charge on any atom is -0.443 e. The van der Waals surface area contributed by atoms with Crippen molar-refractivity contribution in [2.45, 2.75) is 52.2 Å². The summed E-state index contributed by atoms with van der Waals surface area (Å²) in [5.74, 6) is -1.51. The van der Waals surface area contributed by atoms with Crippen LogP contribution in [0.3, 0.4) is 0 Å². The molecule has 1 atom stereocenters. The lowest BCUT2D eigenvalue weighted by atomic mass is 9.90. The van der Waals surface area contributed by atoms with Gasteiger partial charge in [-0.1, -0.05) is 35.3 Å². The van der Waals surface area contributed by atoms with Gasteiger partial charge in [-0.15, -0.1) is 0 Å². The number of anilines is 2. The zero-order valence-electron chi connectivity index (χ0n) is 21.9. The molecule has 0 N–H and O–H groups in total. The molecule has 1 unspecified atom stereocenters. The summed E-state index contributed by atoms with van der Waals surface area (Å²) >= 11 is 13.4. The van der Waals surface area contributed by atoms with E-state index in [4.69, 9.17) is 27.9 Å². The molecule has 0 bridgehead atoms. The fraction of sp³-hybridized carbons (Fsp3) is 0.345. The number of benzene rings is 2. The van der Waals surface area contributed by atoms with E-state index in [2.05, 4.69) is 4.98 Å². The third kappa shape index (κ3) is 7.25. The Bertz CT molecular complexity index is 1340. The first-order chi connectivity index (χ1) is 18.4. The number of rotatable bonds is 6. The van der Waals surface area contributed by atoms with Crippen molar-refractivity contribution in [1.29, 1.82) is 0 Å². The summed E-state index contributed by atoms with van der Waals surface area (Å²) in [5.41, 5.74) is 0.959. The first-order valence-corrected chi connectivity index (χ1v) is 13.3. The van der Waals surface area contributed by atoms with Crippen LogP contribution >= 0.6 is 23.2 Å². The third-order valence-corrected chi connectivity index (χ3v) is 6.85. The molecule has 39 heavy (non-hydrogen) atoms. The van der Waals surface area contributed by atoms with Crippen LogP contribution in [0.1, 0.15) is 44.9 Å². The van der Waals surface area contributed by atoms with Crippen molar-refractivity contribution in [2.75, 3.05) is 16.3 Å². The van der Waals surface area contributed by atoms with E-state index in [1.807, 2.05) is 6.07 Å². The molecule has 1 aliphatic rings. The number of ether oxygens (including phenoxy) is 1. The molecular formula is C29H29Cl2F2N3O3. The Morgan fingerprint density at radius 3 is 2.46 bits per heavy atom. The van der Waals surface area contributed by atoms with Crippen LogP contribution in [-0.2, 0) is 22.5 Å². The largest absolute Gasteiger partial charge is 0.443 e. The van der Waals surface area contributed by atoms with Crippen molar-refractivity contribution in [3.63, 3.8) is 0 Å². The Morgan fingerprint density at radius 1 is 1.13 bits per heavy atom. The number of nitrogens with zero attached hydrogens (tertiary/aromatic N) is 3. The van der Waals surface area contributed by atoms with Gasteiger partial charge in [0.1, 0.15) is 17.2 Å². The number of amides is 2. The lowest BCUT2D eigenvalue weighted by Gasteiger charge is -2.34. The normalized spacial score (nSPS) is 15.8. The van der Waals surface area contributed by atoms with E-state index >= 15 is 0 Å². The van der Waals surface area contributed by atoms with E-state index in [1.54, 1.807) is 51.2 Å². The van der Waals surface area contributed by atoms with Gasteiger partial charge in [0.25, 0.3) is 0 Å². The highest BCUT2D eigenvalue weighted by molar-refractivity contribution is 6.40. The molecule has 0 spiro atoms. The van der Waals surface area contributed by atoms with Gasteiger partial charge in [-0.2, -0.15) is 0 Å². The van der Waals surface area contributed by atoms with Crippen molar-refractivity contribution in [1.82, 2.24) is 4.98 Å². The summed E-state index contributed by atoms with van der Waals surface area (Å²) in [6.07, 6.45) is 2.13. The van der Waals surface area contributed by atoms with Crippen LogP contribution in [0.25, 0.3) is 0 Å². The Morgan fingerprint density at radius 2 is 1.85 bits per heavy atom. The van der Waals surface area contributed by atoms with Crippen LogP contribution < -0.4 is 9.80 Å². The summed E-state index contributed by atoms with van der Waals surface area (Å²) in [5, 5.41) is 0.350. The van der Waals surface area contributed by atoms with Crippen LogP contribution in [-0.4, -0.2) is 29.1 Å². The van der Waals surface area contributed by atoms with Crippen LogP contribution in [0.5, 0.6) is 0 Å². The van der Waals surface area contributed by atoms with E-state index < -0.39 is 23.3 Å². The van der Waals surface area contributed by atoms with Crippen molar-refractivity contribution in [2.24, 2.45) is 5.92 Å². The maximum atomic E-state index is 14.3. The van der Waals surface area contributed by atoms with Gasteiger partial charge in [0.05, 0.1) is 33.7 Å². The molecule has 10 heteroatoms. The maximum absolute atomic E-state index is 14.3. The second kappa shape index (κ2) is 11.9. The fourth-order valence-corrected chi connectivity index (χ4v) is 5.17. The molecule has 1 fully saturated rings. The van der Waals surface area contributed by atoms with Gasteiger partial charge in [0, 0.05) is 25.2 Å². The number of carbonyl (C=O) groups excluding carboxylic acids is 2. The van der Waals surface area contributed by atoms with Gasteiger partial charge in [-0.25, -0.2) is 13.6 Å². The summed E-state index contributed by atoms with van der Waals surface area (Å²) < 4.78 is 33.2. The Hall–Kier alpha value is -3.23. The zero-order chi connectivity index (χ0) is 28.3. The zero-order valence-corrected chi connectivity index (χ0v) is 23.4. The minimum atomic E-state index is -0.744. The van der Waals surface area contributed by atoms with E-state index in [0.717, 1.165) is 6.07 Å². The molecule has 3 aromatic rings. The van der Waals surface area contributed by atoms with Crippen molar-refractivity contribution >= 4 is 46.6 Å². The van der Waals surface area contributed by atoms with E-state index in [0.29, 0.717) is 35.5 Å². The molecule has 1 aromatic heterocycles. The molecule has 2 aromatic carbocycles. The first kappa shape index (κ1) is 28.8. The number of aromatic nitrogens is 1. The van der Waals surface area contributed by atoms with Crippen LogP contribution in [0.4, 0.5) is 25.0 Å². The highest BCUT2D eigenvalue weighted by atomic mass is 35.5. The second-order valence-corrected chi connectivity index (χ2v) is 11.3. The Labute approximate surface area is 236 Å². The Kier molecular flexibility index (Phi) is 8.76. The molecule has 2 heterocycles. The maximum Gasteiger partial charge on any atom is 0.415 e. The molecule has 0 saturated carbocycles. The van der Waals surface area contributed by atoms with E-state index in [1.165, 1.54) is 21.9 Å². The summed E-state index contributed by atoms with van der Waals surface area (Å²) in [4.78, 5) is 33.3. The quantitative estimate of drug-likeness (QED) is 0.303. The second-order valence-electron chi connectivity index (χ2n) is 10.5. The highest BCUT2D eigenvalue weighted by Crippen LogP contribution is 2.41. The smallest absolute Gasteiger partial charge is 0.415 e. The minimum absolute atomic E-state index is 0.0862. The van der Waals surface area contributed by atoms with Crippen LogP contribution in [0.15, 0.2) is 54.7 Å². The predicted octanol–water partition coefficient (Wildman–Crippen LogP) is 7.59. The molecule has 4 rings (SSSR count). The molecule has 0 aliphatic carbocycles. The van der Waals surface area contributed by atoms with Crippen LogP contribution in [0, 0.1) is 17.6 Å². The molecule has 1 aliphatic heterocycles. The lowest BCUT2D eigenvalue weighted by molar-refractivity contribution is -0.120. The number of halogens is 4. The van der Waals surface area contributed by atoms with Gasteiger partial charge < -0.3 is 9.64 Å². The molecule has 0 radical (unpaired) electrons. The number of hydrogen-bond donors (Lipinski definition) is 0. The fourth-order valence-electron chi connectivity index (χ4n) is 4.49. The molecule has 1 saturated heterocycles. The average molecular weight is 576 g/mol. The molecule has 2 amide bonds. The van der Waals surface area contributed by atoms with Crippen molar-refractivity contribution in [3.8, 4) is 0 Å². The summed E-state index contributed by atoms with van der Waals surface area (Å²) in [6, 6.07) is 12.0. The number of hydrogen-bond acceptors (Lipinski definition) is 4. The van der Waals surface area contributed by atoms with Gasteiger partial charge >= 0.3 is 6.09 Å². The summed E-state index contributed by atoms with van der Waals surface area (Å²) in [7, 11) is 0. The first-order valence-electron chi connectivity index (χ1n) is 12.5. The van der Waals surface area contributed by atoms with Gasteiger partial charge in [-0.05, 0) is 75.4 Å². The van der Waals surface area contributed by atoms with E-state index in [9.17, 15) is 18.4 Å². The van der Waals surface area contributed by atoms with Gasteiger partial charge in [0.15, 0.2) is 0 Å². The summed E-state index contributed by atoms with van der Waals surface area (Å²) in [6.45, 7) is 5.67. The SMILES string of the molecule is CC(C)(C)OC(=O)N(Cc1ccccn1)c1cc(Cl)c(N2CC(Cc3ccc(F)cc3F)CCC2=O)c(Cl)c1. The number of carbonyl (C=O) groups is 2.